The second-order valence-electron chi connectivity index (χ2n) is 4.67. The fourth-order valence-corrected chi connectivity index (χ4v) is 1.19. The first-order chi connectivity index (χ1) is 6.85. The minimum absolute atomic E-state index is 0.0695. The predicted octanol–water partition coefficient (Wildman–Crippen LogP) is 1.45. The molecule has 0 aromatic heterocycles. The highest BCUT2D eigenvalue weighted by molar-refractivity contribution is 5.76. The second kappa shape index (κ2) is 6.80. The molecule has 0 saturated heterocycles. The molecule has 0 aromatic carbocycles. The number of amidine groups is 1. The van der Waals surface area contributed by atoms with E-state index in [1.54, 1.807) is 0 Å². The Balaban J connectivity index is 3.66. The van der Waals surface area contributed by atoms with E-state index in [9.17, 15) is 0 Å². The van der Waals surface area contributed by atoms with E-state index >= 15 is 0 Å². The maximum absolute atomic E-state index is 7.16. The summed E-state index contributed by atoms with van der Waals surface area (Å²) < 4.78 is 5.64. The van der Waals surface area contributed by atoms with Crippen LogP contribution in [-0.4, -0.2) is 42.6 Å². The molecule has 0 aliphatic carbocycles. The molecule has 0 heterocycles. The molecule has 0 spiro atoms. The Bertz CT molecular complexity index is 187. The van der Waals surface area contributed by atoms with Crippen molar-refractivity contribution in [3.05, 3.63) is 0 Å². The normalized spacial score (nSPS) is 12.1. The van der Waals surface area contributed by atoms with Gasteiger partial charge in [0.1, 0.15) is 0 Å². The van der Waals surface area contributed by atoms with Gasteiger partial charge in [0.05, 0.1) is 18.0 Å². The van der Waals surface area contributed by atoms with E-state index in [1.165, 1.54) is 0 Å². The number of nitrogens with one attached hydrogen (secondary N) is 1. The van der Waals surface area contributed by atoms with Gasteiger partial charge in [-0.2, -0.15) is 0 Å². The molecule has 90 valence electrons. The molecule has 0 bridgehead atoms. The van der Waals surface area contributed by atoms with Crippen LogP contribution in [0.3, 0.4) is 0 Å². The summed E-state index contributed by atoms with van der Waals surface area (Å²) in [5.41, 5.74) is 5.25. The number of ether oxygens (including phenoxy) is 1. The Morgan fingerprint density at radius 1 is 1.33 bits per heavy atom. The first-order valence-electron chi connectivity index (χ1n) is 5.54. The Morgan fingerprint density at radius 2 is 1.93 bits per heavy atom. The summed E-state index contributed by atoms with van der Waals surface area (Å²) in [7, 11) is 0. The lowest BCUT2D eigenvalue weighted by Gasteiger charge is -2.24. The minimum atomic E-state index is -0.0695. The zero-order valence-electron chi connectivity index (χ0n) is 10.5. The Hall–Kier alpha value is -0.610. The van der Waals surface area contributed by atoms with Crippen LogP contribution in [0.25, 0.3) is 0 Å². The van der Waals surface area contributed by atoms with Crippen molar-refractivity contribution in [2.75, 3.05) is 26.2 Å². The van der Waals surface area contributed by atoms with Crippen LogP contribution in [-0.2, 0) is 4.74 Å². The van der Waals surface area contributed by atoms with Gasteiger partial charge in [-0.25, -0.2) is 0 Å². The average molecular weight is 215 g/mol. The van der Waals surface area contributed by atoms with Gasteiger partial charge in [0.25, 0.3) is 0 Å². The molecule has 15 heavy (non-hydrogen) atoms. The Morgan fingerprint density at radius 3 is 2.33 bits per heavy atom. The lowest BCUT2D eigenvalue weighted by Crippen LogP contribution is -2.33. The third-order valence-electron chi connectivity index (χ3n) is 2.09. The van der Waals surface area contributed by atoms with Crippen molar-refractivity contribution in [2.24, 2.45) is 5.73 Å². The highest BCUT2D eigenvalue weighted by Crippen LogP contribution is 2.06. The van der Waals surface area contributed by atoms with Crippen molar-refractivity contribution < 1.29 is 4.74 Å². The standard InChI is InChI=1S/C11H25N3O/c1-5-14(7-6-10(12)13)8-9-15-11(2,3)4/h5-9H2,1-4H3,(H3,12,13). The first-order valence-corrected chi connectivity index (χ1v) is 5.54. The third kappa shape index (κ3) is 9.69. The van der Waals surface area contributed by atoms with Gasteiger partial charge in [0.15, 0.2) is 0 Å². The van der Waals surface area contributed by atoms with Crippen LogP contribution in [0.4, 0.5) is 0 Å². The Kier molecular flexibility index (Phi) is 6.52. The number of likely N-dealkylation sites (N-methyl/N-ethyl adjacent to an activating group) is 1. The van der Waals surface area contributed by atoms with Crippen molar-refractivity contribution in [3.63, 3.8) is 0 Å². The first kappa shape index (κ1) is 14.4. The lowest BCUT2D eigenvalue weighted by atomic mass is 10.2. The van der Waals surface area contributed by atoms with Gasteiger partial charge in [-0.3, -0.25) is 5.41 Å². The summed E-state index contributed by atoms with van der Waals surface area (Å²) in [4.78, 5) is 2.24. The smallest absolute Gasteiger partial charge is 0.0918 e. The van der Waals surface area contributed by atoms with Crippen LogP contribution in [0, 0.1) is 5.41 Å². The SMILES string of the molecule is CCN(CCOC(C)(C)C)CCC(=N)N. The predicted molar refractivity (Wildman–Crippen MR) is 64.4 cm³/mol. The van der Waals surface area contributed by atoms with E-state index in [2.05, 4.69) is 32.6 Å². The van der Waals surface area contributed by atoms with E-state index in [4.69, 9.17) is 15.9 Å². The highest BCUT2D eigenvalue weighted by Gasteiger charge is 2.10. The minimum Gasteiger partial charge on any atom is -0.388 e. The zero-order chi connectivity index (χ0) is 11.9. The van der Waals surface area contributed by atoms with Crippen LogP contribution in [0.15, 0.2) is 0 Å². The van der Waals surface area contributed by atoms with Crippen LogP contribution in [0.1, 0.15) is 34.1 Å². The molecule has 0 rings (SSSR count). The van der Waals surface area contributed by atoms with E-state index in [0.29, 0.717) is 6.42 Å². The van der Waals surface area contributed by atoms with Crippen molar-refractivity contribution in [1.82, 2.24) is 4.90 Å². The van der Waals surface area contributed by atoms with E-state index in [1.807, 2.05) is 0 Å². The van der Waals surface area contributed by atoms with Gasteiger partial charge in [-0.1, -0.05) is 6.92 Å². The summed E-state index contributed by atoms with van der Waals surface area (Å²) in [5.74, 6) is 0.255. The summed E-state index contributed by atoms with van der Waals surface area (Å²) in [5, 5.41) is 7.16. The van der Waals surface area contributed by atoms with Crippen LogP contribution in [0.2, 0.25) is 0 Å². The van der Waals surface area contributed by atoms with E-state index in [-0.39, 0.29) is 11.4 Å². The average Bonchev–Trinajstić information content (AvgIpc) is 2.08. The zero-order valence-corrected chi connectivity index (χ0v) is 10.5. The van der Waals surface area contributed by atoms with Gasteiger partial charge in [-0.05, 0) is 27.3 Å². The van der Waals surface area contributed by atoms with Crippen LogP contribution < -0.4 is 5.73 Å². The lowest BCUT2D eigenvalue weighted by molar-refractivity contribution is -0.0124. The number of nitrogens with two attached hydrogens (primary N) is 1. The van der Waals surface area contributed by atoms with E-state index in [0.717, 1.165) is 26.2 Å². The number of rotatable bonds is 7. The molecule has 0 saturated carbocycles. The van der Waals surface area contributed by atoms with Gasteiger partial charge < -0.3 is 15.4 Å². The molecule has 0 radical (unpaired) electrons. The van der Waals surface area contributed by atoms with Crippen molar-refractivity contribution in [2.45, 2.75) is 39.7 Å². The van der Waals surface area contributed by atoms with E-state index < -0.39 is 0 Å². The summed E-state index contributed by atoms with van der Waals surface area (Å²) >= 11 is 0. The van der Waals surface area contributed by atoms with Crippen molar-refractivity contribution in [1.29, 1.82) is 5.41 Å². The van der Waals surface area contributed by atoms with Gasteiger partial charge >= 0.3 is 0 Å². The highest BCUT2D eigenvalue weighted by atomic mass is 16.5. The Labute approximate surface area is 93.3 Å². The third-order valence-corrected chi connectivity index (χ3v) is 2.09. The molecule has 4 nitrogen and oxygen atoms in total. The summed E-state index contributed by atoms with van der Waals surface area (Å²) in [6, 6.07) is 0. The molecule has 4 heteroatoms. The molecule has 0 amide bonds. The molecular formula is C11H25N3O. The molecule has 0 aliphatic heterocycles. The van der Waals surface area contributed by atoms with Crippen molar-refractivity contribution >= 4 is 5.84 Å². The fraction of sp³-hybridized carbons (Fsp3) is 0.909. The number of nitrogens with zero attached hydrogens (tertiary/aromatic N) is 1. The molecule has 0 unspecified atom stereocenters. The van der Waals surface area contributed by atoms with Crippen LogP contribution in [0.5, 0.6) is 0 Å². The summed E-state index contributed by atoms with van der Waals surface area (Å²) in [6.07, 6.45) is 0.642. The second-order valence-corrected chi connectivity index (χ2v) is 4.67. The number of hydrogen-bond donors (Lipinski definition) is 2. The largest absolute Gasteiger partial charge is 0.388 e. The maximum atomic E-state index is 7.16. The molecule has 3 N–H and O–H groups in total. The fourth-order valence-electron chi connectivity index (χ4n) is 1.19. The van der Waals surface area contributed by atoms with Gasteiger partial charge in [0, 0.05) is 19.5 Å². The van der Waals surface area contributed by atoms with Gasteiger partial charge in [0.2, 0.25) is 0 Å². The quantitative estimate of drug-likeness (QED) is 0.499. The van der Waals surface area contributed by atoms with Crippen molar-refractivity contribution in [3.8, 4) is 0 Å². The molecule has 0 atom stereocenters. The monoisotopic (exact) mass is 215 g/mol. The number of hydrogen-bond acceptors (Lipinski definition) is 3. The summed E-state index contributed by atoms with van der Waals surface area (Å²) in [6.45, 7) is 11.7. The molecular weight excluding hydrogens is 190 g/mol. The van der Waals surface area contributed by atoms with Gasteiger partial charge in [-0.15, -0.1) is 0 Å². The molecule has 0 aliphatic rings. The topological polar surface area (TPSA) is 62.3 Å². The maximum Gasteiger partial charge on any atom is 0.0918 e. The van der Waals surface area contributed by atoms with Crippen LogP contribution >= 0.6 is 0 Å². The molecule has 0 aromatic rings. The molecule has 0 fully saturated rings.